The standard InChI is InChI=1S/C23H32ClN3O3S/c1-8-27(5)15-25-20-11-17(4)23(13-19(20)24)31(28,14-16(2)3)26-18-9-10-21(29-6)22(12-18)30-7/h9-13,15-16H,8,14H2,1-7H3. The average Bonchev–Trinajstić information content (AvgIpc) is 2.72. The van der Waals surface area contributed by atoms with Crippen molar-refractivity contribution >= 4 is 39.0 Å². The Morgan fingerprint density at radius 3 is 2.42 bits per heavy atom. The summed E-state index contributed by atoms with van der Waals surface area (Å²) >= 11 is 6.52. The highest BCUT2D eigenvalue weighted by atomic mass is 35.5. The number of aliphatic imine (C=N–C) groups is 1. The van der Waals surface area contributed by atoms with Crippen LogP contribution < -0.4 is 9.47 Å². The van der Waals surface area contributed by atoms with Crippen LogP contribution in [0.25, 0.3) is 0 Å². The van der Waals surface area contributed by atoms with Crippen LogP contribution in [-0.4, -0.2) is 49.0 Å². The number of methoxy groups -OCH3 is 2. The summed E-state index contributed by atoms with van der Waals surface area (Å²) in [6.07, 6.45) is 1.74. The Hall–Kier alpha value is -2.25. The lowest BCUT2D eigenvalue weighted by Crippen LogP contribution is -2.14. The molecule has 0 fully saturated rings. The van der Waals surface area contributed by atoms with E-state index in [1.807, 2.05) is 45.7 Å². The monoisotopic (exact) mass is 465 g/mol. The molecule has 6 nitrogen and oxygen atoms in total. The minimum Gasteiger partial charge on any atom is -0.493 e. The third kappa shape index (κ3) is 6.37. The minimum absolute atomic E-state index is 0.172. The van der Waals surface area contributed by atoms with E-state index in [9.17, 15) is 4.21 Å². The van der Waals surface area contributed by atoms with Crippen LogP contribution in [0.15, 0.2) is 44.6 Å². The van der Waals surface area contributed by atoms with Gasteiger partial charge in [0, 0.05) is 25.4 Å². The number of aryl methyl sites for hydroxylation is 1. The van der Waals surface area contributed by atoms with Gasteiger partial charge < -0.3 is 14.4 Å². The first kappa shape index (κ1) is 25.0. The molecule has 2 aromatic carbocycles. The Kier molecular flexibility index (Phi) is 8.77. The summed E-state index contributed by atoms with van der Waals surface area (Å²) < 4.78 is 29.5. The number of nitrogens with zero attached hydrogens (tertiary/aromatic N) is 3. The normalized spacial score (nSPS) is 13.3. The van der Waals surface area contributed by atoms with Crippen molar-refractivity contribution in [1.29, 1.82) is 0 Å². The van der Waals surface area contributed by atoms with E-state index in [2.05, 4.69) is 4.99 Å². The Morgan fingerprint density at radius 1 is 1.16 bits per heavy atom. The number of halogens is 1. The molecule has 170 valence electrons. The van der Waals surface area contributed by atoms with E-state index in [-0.39, 0.29) is 5.92 Å². The van der Waals surface area contributed by atoms with Gasteiger partial charge >= 0.3 is 0 Å². The topological polar surface area (TPSA) is 63.5 Å². The van der Waals surface area contributed by atoms with E-state index in [1.54, 1.807) is 44.8 Å². The lowest BCUT2D eigenvalue weighted by molar-refractivity contribution is 0.355. The zero-order valence-electron chi connectivity index (χ0n) is 19.3. The fourth-order valence-corrected chi connectivity index (χ4v) is 5.86. The van der Waals surface area contributed by atoms with E-state index in [1.165, 1.54) is 0 Å². The molecule has 0 bridgehead atoms. The van der Waals surface area contributed by atoms with Gasteiger partial charge in [0.25, 0.3) is 0 Å². The highest BCUT2D eigenvalue weighted by Gasteiger charge is 2.20. The fraction of sp³-hybridized carbons (Fsp3) is 0.435. The fourth-order valence-electron chi connectivity index (χ4n) is 3.01. The highest BCUT2D eigenvalue weighted by molar-refractivity contribution is 7.93. The van der Waals surface area contributed by atoms with E-state index < -0.39 is 9.73 Å². The molecule has 0 spiro atoms. The SMILES string of the molecule is CCN(C)C=Nc1cc(C)c(S(=O)(CC(C)C)=Nc2ccc(OC)c(OC)c2)cc1Cl. The Balaban J connectivity index is 2.63. The Labute approximate surface area is 191 Å². The van der Waals surface area contributed by atoms with Gasteiger partial charge in [-0.3, -0.25) is 0 Å². The summed E-state index contributed by atoms with van der Waals surface area (Å²) in [6, 6.07) is 8.87. The van der Waals surface area contributed by atoms with Gasteiger partial charge in [-0.15, -0.1) is 0 Å². The van der Waals surface area contributed by atoms with Crippen molar-refractivity contribution < 1.29 is 13.7 Å². The van der Waals surface area contributed by atoms with Crippen LogP contribution in [-0.2, 0) is 9.73 Å². The second-order valence-electron chi connectivity index (χ2n) is 7.72. The largest absolute Gasteiger partial charge is 0.493 e. The summed E-state index contributed by atoms with van der Waals surface area (Å²) in [7, 11) is 2.29. The molecule has 0 amide bonds. The molecule has 31 heavy (non-hydrogen) atoms. The first-order valence-corrected chi connectivity index (χ1v) is 12.2. The molecular formula is C23H32ClN3O3S. The predicted octanol–water partition coefficient (Wildman–Crippen LogP) is 6.09. The summed E-state index contributed by atoms with van der Waals surface area (Å²) in [5, 5.41) is 0.445. The molecule has 0 aliphatic rings. The summed E-state index contributed by atoms with van der Waals surface area (Å²) in [5.74, 6) is 1.70. The molecule has 0 aromatic heterocycles. The van der Waals surface area contributed by atoms with Gasteiger partial charge in [-0.1, -0.05) is 25.4 Å². The third-order valence-electron chi connectivity index (χ3n) is 4.66. The second kappa shape index (κ2) is 10.9. The molecule has 0 aliphatic carbocycles. The molecule has 2 rings (SSSR count). The number of hydrogen-bond donors (Lipinski definition) is 0. The van der Waals surface area contributed by atoms with Crippen LogP contribution in [0.5, 0.6) is 11.5 Å². The molecule has 0 radical (unpaired) electrons. The molecular weight excluding hydrogens is 434 g/mol. The number of hydrogen-bond acceptors (Lipinski definition) is 5. The van der Waals surface area contributed by atoms with Crippen molar-refractivity contribution in [3.05, 3.63) is 40.9 Å². The van der Waals surface area contributed by atoms with Crippen LogP contribution in [0, 0.1) is 12.8 Å². The highest BCUT2D eigenvalue weighted by Crippen LogP contribution is 2.36. The maximum absolute atomic E-state index is 14.2. The zero-order chi connectivity index (χ0) is 23.2. The van der Waals surface area contributed by atoms with Crippen LogP contribution in [0.1, 0.15) is 26.3 Å². The van der Waals surface area contributed by atoms with E-state index >= 15 is 0 Å². The van der Waals surface area contributed by atoms with Crippen LogP contribution in [0.4, 0.5) is 11.4 Å². The molecule has 0 N–H and O–H groups in total. The smallest absolute Gasteiger partial charge is 0.162 e. The maximum Gasteiger partial charge on any atom is 0.162 e. The maximum atomic E-state index is 14.2. The van der Waals surface area contributed by atoms with Gasteiger partial charge in [-0.05, 0) is 49.6 Å². The average molecular weight is 466 g/mol. The number of rotatable bonds is 9. The molecule has 0 aliphatic heterocycles. The third-order valence-corrected chi connectivity index (χ3v) is 7.71. The van der Waals surface area contributed by atoms with Crippen LogP contribution in [0.2, 0.25) is 5.02 Å². The van der Waals surface area contributed by atoms with Gasteiger partial charge in [-0.2, -0.15) is 4.36 Å². The molecule has 0 saturated heterocycles. The molecule has 0 saturated carbocycles. The van der Waals surface area contributed by atoms with E-state index in [0.717, 1.165) is 12.1 Å². The summed E-state index contributed by atoms with van der Waals surface area (Å²) in [5.41, 5.74) is 2.04. The molecule has 1 atom stereocenters. The van der Waals surface area contributed by atoms with Gasteiger partial charge in [0.1, 0.15) is 0 Å². The zero-order valence-corrected chi connectivity index (χ0v) is 20.9. The van der Waals surface area contributed by atoms with Crippen molar-refractivity contribution in [2.24, 2.45) is 15.3 Å². The minimum atomic E-state index is -2.79. The van der Waals surface area contributed by atoms with Crippen LogP contribution in [0.3, 0.4) is 0 Å². The molecule has 1 unspecified atom stereocenters. The molecule has 2 aromatic rings. The Morgan fingerprint density at radius 2 is 1.84 bits per heavy atom. The lowest BCUT2D eigenvalue weighted by atomic mass is 10.2. The summed E-state index contributed by atoms with van der Waals surface area (Å²) in [6.45, 7) is 8.85. The first-order valence-electron chi connectivity index (χ1n) is 10.1. The van der Waals surface area contributed by atoms with Crippen molar-refractivity contribution in [3.8, 4) is 11.5 Å². The second-order valence-corrected chi connectivity index (χ2v) is 10.4. The van der Waals surface area contributed by atoms with Gasteiger partial charge in [-0.25, -0.2) is 9.20 Å². The summed E-state index contributed by atoms with van der Waals surface area (Å²) in [4.78, 5) is 7.04. The van der Waals surface area contributed by atoms with Crippen molar-refractivity contribution in [1.82, 2.24) is 4.90 Å². The molecule has 0 heterocycles. The van der Waals surface area contributed by atoms with Gasteiger partial charge in [0.2, 0.25) is 0 Å². The van der Waals surface area contributed by atoms with Crippen molar-refractivity contribution in [2.45, 2.75) is 32.6 Å². The number of ether oxygens (including phenoxy) is 2. The van der Waals surface area contributed by atoms with Crippen LogP contribution >= 0.6 is 11.6 Å². The molecule has 8 heteroatoms. The Bertz CT molecular complexity index is 1060. The van der Waals surface area contributed by atoms with Gasteiger partial charge in [0.05, 0.1) is 51.6 Å². The lowest BCUT2D eigenvalue weighted by Gasteiger charge is -2.17. The number of benzene rings is 2. The van der Waals surface area contributed by atoms with E-state index in [4.69, 9.17) is 25.4 Å². The first-order chi connectivity index (χ1) is 14.6. The van der Waals surface area contributed by atoms with Gasteiger partial charge in [0.15, 0.2) is 11.5 Å². The van der Waals surface area contributed by atoms with Crippen molar-refractivity contribution in [3.63, 3.8) is 0 Å². The van der Waals surface area contributed by atoms with Crippen molar-refractivity contribution in [2.75, 3.05) is 33.6 Å². The predicted molar refractivity (Wildman–Crippen MR) is 130 cm³/mol. The van der Waals surface area contributed by atoms with E-state index in [0.29, 0.717) is 38.5 Å². The quantitative estimate of drug-likeness (QED) is 0.332.